The van der Waals surface area contributed by atoms with Gasteiger partial charge in [0, 0.05) is 36.8 Å². The lowest BCUT2D eigenvalue weighted by Crippen LogP contribution is -2.45. The van der Waals surface area contributed by atoms with E-state index >= 15 is 0 Å². The summed E-state index contributed by atoms with van der Waals surface area (Å²) in [7, 11) is 0. The van der Waals surface area contributed by atoms with Crippen molar-refractivity contribution in [3.63, 3.8) is 0 Å². The van der Waals surface area contributed by atoms with E-state index in [1.54, 1.807) is 4.90 Å². The predicted molar refractivity (Wildman–Crippen MR) is 158 cm³/mol. The van der Waals surface area contributed by atoms with Crippen molar-refractivity contribution in [2.24, 2.45) is 0 Å². The fourth-order valence-corrected chi connectivity index (χ4v) is 4.85. The molecule has 0 saturated carbocycles. The number of benzene rings is 3. The van der Waals surface area contributed by atoms with Crippen molar-refractivity contribution in [2.45, 2.75) is 78.4 Å². The summed E-state index contributed by atoms with van der Waals surface area (Å²) in [6.07, 6.45) is 0.663. The highest BCUT2D eigenvalue weighted by Crippen LogP contribution is 2.22. The molecule has 5 heteroatoms. The van der Waals surface area contributed by atoms with Gasteiger partial charge >= 0.3 is 6.09 Å². The van der Waals surface area contributed by atoms with Gasteiger partial charge in [0.25, 0.3) is 0 Å². The third-order valence-electron chi connectivity index (χ3n) is 6.79. The predicted octanol–water partition coefficient (Wildman–Crippen LogP) is 6.98. The average molecular weight is 527 g/mol. The number of carbonyl (C=O) groups is 1. The lowest BCUT2D eigenvalue weighted by atomic mass is 9.94. The fraction of sp³-hybridized carbons (Fsp3) is 0.353. The van der Waals surface area contributed by atoms with Gasteiger partial charge in [0.1, 0.15) is 6.26 Å². The fourth-order valence-electron chi connectivity index (χ4n) is 4.85. The zero-order valence-electron chi connectivity index (χ0n) is 23.8. The minimum atomic E-state index is -0.834. The first kappa shape index (κ1) is 29.9. The Balaban J connectivity index is 1.92. The van der Waals surface area contributed by atoms with E-state index in [1.165, 1.54) is 17.4 Å². The van der Waals surface area contributed by atoms with Crippen LogP contribution in [0.3, 0.4) is 0 Å². The molecular weight excluding hydrogens is 484 g/mol. The van der Waals surface area contributed by atoms with E-state index in [-0.39, 0.29) is 18.1 Å². The quantitative estimate of drug-likeness (QED) is 0.204. The standard InChI is InChI=1S/C34H42N2O3/c1-26(2)36(27(3)4)34(38)39-22-21-28(5)33(37)32(23-29-15-9-6-10-16-29)35(24-30-17-11-7-12-18-30)25-31-19-13-8-14-20-31/h6-20,22,26-27,32-33,37H,23-25H2,1-5H3/t21?,32-,33+/m0/s1. The van der Waals surface area contributed by atoms with Crippen molar-refractivity contribution < 1.29 is 14.6 Å². The zero-order chi connectivity index (χ0) is 28.2. The van der Waals surface area contributed by atoms with Crippen LogP contribution in [-0.2, 0) is 24.2 Å². The van der Waals surface area contributed by atoms with E-state index in [1.807, 2.05) is 89.2 Å². The number of ether oxygens (including phenoxy) is 1. The van der Waals surface area contributed by atoms with Gasteiger partial charge in [-0.2, -0.15) is 0 Å². The van der Waals surface area contributed by atoms with Crippen LogP contribution >= 0.6 is 0 Å². The molecule has 0 radical (unpaired) electrons. The molecular formula is C34H42N2O3. The molecule has 0 aromatic heterocycles. The van der Waals surface area contributed by atoms with Gasteiger partial charge in [-0.1, -0.05) is 96.7 Å². The van der Waals surface area contributed by atoms with Crippen molar-refractivity contribution in [1.29, 1.82) is 0 Å². The molecule has 3 aromatic carbocycles. The summed E-state index contributed by atoms with van der Waals surface area (Å²) in [6.45, 7) is 11.0. The molecule has 0 heterocycles. The van der Waals surface area contributed by atoms with E-state index in [9.17, 15) is 9.90 Å². The van der Waals surface area contributed by atoms with Crippen LogP contribution < -0.4 is 0 Å². The highest BCUT2D eigenvalue weighted by molar-refractivity contribution is 5.69. The van der Waals surface area contributed by atoms with Crippen LogP contribution in [0.25, 0.3) is 0 Å². The average Bonchev–Trinajstić information content (AvgIpc) is 2.92. The summed E-state index contributed by atoms with van der Waals surface area (Å²) in [5, 5.41) is 11.7. The largest absolute Gasteiger partial charge is 0.415 e. The monoisotopic (exact) mass is 526 g/mol. The topological polar surface area (TPSA) is 53.0 Å². The Labute approximate surface area is 234 Å². The summed E-state index contributed by atoms with van der Waals surface area (Å²) < 4.78 is 5.40. The summed E-state index contributed by atoms with van der Waals surface area (Å²) >= 11 is 0. The first-order valence-corrected chi connectivity index (χ1v) is 13.7. The first-order chi connectivity index (χ1) is 18.8. The number of hydrogen-bond donors (Lipinski definition) is 1. The molecule has 0 spiro atoms. The minimum Gasteiger partial charge on any atom is -0.410 e. The molecule has 0 aliphatic rings. The summed E-state index contributed by atoms with van der Waals surface area (Å²) in [5.74, 6) is 0. The number of hydrogen-bond acceptors (Lipinski definition) is 4. The van der Waals surface area contributed by atoms with E-state index < -0.39 is 12.2 Å². The molecule has 5 nitrogen and oxygen atoms in total. The van der Waals surface area contributed by atoms with Crippen molar-refractivity contribution in [3.05, 3.63) is 125 Å². The van der Waals surface area contributed by atoms with Crippen LogP contribution in [-0.4, -0.2) is 45.2 Å². The smallest absolute Gasteiger partial charge is 0.410 e. The van der Waals surface area contributed by atoms with Gasteiger partial charge in [-0.25, -0.2) is 4.79 Å². The maximum atomic E-state index is 12.6. The molecule has 0 aliphatic heterocycles. The van der Waals surface area contributed by atoms with Crippen LogP contribution in [0.15, 0.2) is 109 Å². The number of nitrogens with zero attached hydrogens (tertiary/aromatic N) is 2. The zero-order valence-corrected chi connectivity index (χ0v) is 23.8. The van der Waals surface area contributed by atoms with E-state index in [4.69, 9.17) is 4.74 Å². The van der Waals surface area contributed by atoms with Gasteiger partial charge in [-0.05, 0) is 57.7 Å². The number of aliphatic hydroxyl groups is 1. The van der Waals surface area contributed by atoms with Crippen molar-refractivity contribution in [1.82, 2.24) is 9.80 Å². The van der Waals surface area contributed by atoms with E-state index in [2.05, 4.69) is 47.0 Å². The SMILES string of the molecule is CC(=C=COC(=O)N(C(C)C)C(C)C)[C@@H](O)[C@H](Cc1ccccc1)N(Cc1ccccc1)Cc1ccccc1. The third-order valence-corrected chi connectivity index (χ3v) is 6.79. The second-order valence-corrected chi connectivity index (χ2v) is 10.5. The third kappa shape index (κ3) is 9.26. The van der Waals surface area contributed by atoms with Gasteiger partial charge < -0.3 is 14.7 Å². The Morgan fingerprint density at radius 1 is 0.795 bits per heavy atom. The van der Waals surface area contributed by atoms with Crippen molar-refractivity contribution >= 4 is 6.09 Å². The summed E-state index contributed by atoms with van der Waals surface area (Å²) in [4.78, 5) is 16.6. The van der Waals surface area contributed by atoms with Crippen LogP contribution in [0.2, 0.25) is 0 Å². The molecule has 0 unspecified atom stereocenters. The normalized spacial score (nSPS) is 12.6. The minimum absolute atomic E-state index is 0.0151. The number of carbonyl (C=O) groups excluding carboxylic acids is 1. The van der Waals surface area contributed by atoms with E-state index in [0.29, 0.717) is 25.1 Å². The van der Waals surface area contributed by atoms with Crippen LogP contribution in [0.1, 0.15) is 51.3 Å². The molecule has 1 N–H and O–H groups in total. The molecule has 39 heavy (non-hydrogen) atoms. The lowest BCUT2D eigenvalue weighted by Gasteiger charge is -2.35. The second kappa shape index (κ2) is 15.1. The molecule has 3 rings (SSSR count). The Bertz CT molecular complexity index is 1150. The summed E-state index contributed by atoms with van der Waals surface area (Å²) in [5.41, 5.74) is 7.13. The lowest BCUT2D eigenvalue weighted by molar-refractivity contribution is 0.0604. The van der Waals surface area contributed by atoms with Gasteiger partial charge in [-0.3, -0.25) is 4.90 Å². The number of amides is 1. The van der Waals surface area contributed by atoms with Crippen molar-refractivity contribution in [2.75, 3.05) is 0 Å². The van der Waals surface area contributed by atoms with Gasteiger partial charge in [0.15, 0.2) is 0 Å². The van der Waals surface area contributed by atoms with E-state index in [0.717, 1.165) is 5.56 Å². The maximum Gasteiger partial charge on any atom is 0.415 e. The maximum absolute atomic E-state index is 12.6. The molecule has 3 aromatic rings. The Morgan fingerprint density at radius 3 is 1.67 bits per heavy atom. The molecule has 2 atom stereocenters. The van der Waals surface area contributed by atoms with Crippen molar-refractivity contribution in [3.8, 4) is 0 Å². The molecule has 0 fully saturated rings. The molecule has 0 saturated heterocycles. The van der Waals surface area contributed by atoms with Gasteiger partial charge in [-0.15, -0.1) is 0 Å². The van der Waals surface area contributed by atoms with Gasteiger partial charge in [0.2, 0.25) is 0 Å². The highest BCUT2D eigenvalue weighted by Gasteiger charge is 2.28. The summed E-state index contributed by atoms with van der Waals surface area (Å²) in [6, 6.07) is 30.6. The first-order valence-electron chi connectivity index (χ1n) is 13.7. The van der Waals surface area contributed by atoms with Crippen LogP contribution in [0.4, 0.5) is 4.79 Å². The second-order valence-electron chi connectivity index (χ2n) is 10.5. The Morgan fingerprint density at radius 2 is 1.23 bits per heavy atom. The molecule has 1 amide bonds. The van der Waals surface area contributed by atoms with Crippen LogP contribution in [0.5, 0.6) is 0 Å². The number of rotatable bonds is 12. The number of aliphatic hydroxyl groups excluding tert-OH is 1. The molecule has 0 aliphatic carbocycles. The Kier molecular flexibility index (Phi) is 11.6. The van der Waals surface area contributed by atoms with Crippen LogP contribution in [0, 0.1) is 0 Å². The molecule has 0 bridgehead atoms. The highest BCUT2D eigenvalue weighted by atomic mass is 16.5. The molecule has 206 valence electrons. The Hall–Kier alpha value is -3.63. The van der Waals surface area contributed by atoms with Gasteiger partial charge in [0.05, 0.1) is 6.10 Å².